The highest BCUT2D eigenvalue weighted by molar-refractivity contribution is 6.07. The van der Waals surface area contributed by atoms with Gasteiger partial charge in [0.25, 0.3) is 0 Å². The van der Waals surface area contributed by atoms with Gasteiger partial charge < -0.3 is 0 Å². The average Bonchev–Trinajstić information content (AvgIpc) is 2.69. The largest absolute Gasteiger partial charge is 0.278 e. The van der Waals surface area contributed by atoms with Gasteiger partial charge in [-0.15, -0.1) is 0 Å². The molecule has 2 unspecified atom stereocenters. The maximum absolute atomic E-state index is 12.2. The van der Waals surface area contributed by atoms with E-state index in [0.29, 0.717) is 6.54 Å². The Labute approximate surface area is 126 Å². The van der Waals surface area contributed by atoms with Crippen molar-refractivity contribution in [3.8, 4) is 0 Å². The molecule has 0 spiro atoms. The molecule has 21 heavy (non-hydrogen) atoms. The van der Waals surface area contributed by atoms with Crippen LogP contribution in [-0.2, 0) is 9.59 Å². The van der Waals surface area contributed by atoms with Gasteiger partial charge in [-0.05, 0) is 33.6 Å². The minimum absolute atomic E-state index is 0.0704. The van der Waals surface area contributed by atoms with Crippen LogP contribution < -0.4 is 0 Å². The molecule has 1 heterocycles. The summed E-state index contributed by atoms with van der Waals surface area (Å²) in [6, 6.07) is 0. The SMILES string of the molecule is CC(C)=CCC/C(C)=C/CN1C(=O)C2C=CC=CC2C1=O. The van der Waals surface area contributed by atoms with Crippen LogP contribution in [0.5, 0.6) is 0 Å². The summed E-state index contributed by atoms with van der Waals surface area (Å²) in [6.07, 6.45) is 13.5. The van der Waals surface area contributed by atoms with Crippen molar-refractivity contribution in [1.29, 1.82) is 0 Å². The van der Waals surface area contributed by atoms with Crippen LogP contribution in [0.2, 0.25) is 0 Å². The number of hydrogen-bond donors (Lipinski definition) is 0. The molecular formula is C18H23NO2. The van der Waals surface area contributed by atoms with Gasteiger partial charge in [-0.25, -0.2) is 0 Å². The van der Waals surface area contributed by atoms with Crippen molar-refractivity contribution in [2.75, 3.05) is 6.54 Å². The maximum Gasteiger partial charge on any atom is 0.237 e. The molecule has 0 N–H and O–H groups in total. The number of carbonyl (C=O) groups excluding carboxylic acids is 2. The summed E-state index contributed by atoms with van der Waals surface area (Å²) in [7, 11) is 0. The Morgan fingerprint density at radius 3 is 2.14 bits per heavy atom. The second-order valence-corrected chi connectivity index (χ2v) is 5.98. The first kappa shape index (κ1) is 15.5. The highest BCUT2D eigenvalue weighted by atomic mass is 16.2. The summed E-state index contributed by atoms with van der Waals surface area (Å²) in [4.78, 5) is 25.9. The Kier molecular flexibility index (Phi) is 4.94. The lowest BCUT2D eigenvalue weighted by Crippen LogP contribution is -2.31. The van der Waals surface area contributed by atoms with E-state index in [1.54, 1.807) is 0 Å². The maximum atomic E-state index is 12.2. The Morgan fingerprint density at radius 2 is 1.62 bits per heavy atom. The second-order valence-electron chi connectivity index (χ2n) is 5.98. The second kappa shape index (κ2) is 6.70. The van der Waals surface area contributed by atoms with Crippen LogP contribution in [0.1, 0.15) is 33.6 Å². The first-order valence-electron chi connectivity index (χ1n) is 7.50. The lowest BCUT2D eigenvalue weighted by molar-refractivity contribution is -0.138. The number of hydrogen-bond acceptors (Lipinski definition) is 2. The van der Waals surface area contributed by atoms with E-state index in [9.17, 15) is 9.59 Å². The van der Waals surface area contributed by atoms with Gasteiger partial charge in [-0.2, -0.15) is 0 Å². The molecular weight excluding hydrogens is 262 g/mol. The van der Waals surface area contributed by atoms with E-state index in [-0.39, 0.29) is 23.7 Å². The predicted molar refractivity (Wildman–Crippen MR) is 84.4 cm³/mol. The molecule has 0 saturated carbocycles. The zero-order chi connectivity index (χ0) is 15.4. The van der Waals surface area contributed by atoms with E-state index in [1.807, 2.05) is 30.4 Å². The van der Waals surface area contributed by atoms with Crippen LogP contribution in [0, 0.1) is 11.8 Å². The molecule has 1 aliphatic carbocycles. The molecule has 112 valence electrons. The zero-order valence-electron chi connectivity index (χ0n) is 13.0. The molecule has 0 radical (unpaired) electrons. The van der Waals surface area contributed by atoms with Crippen molar-refractivity contribution in [1.82, 2.24) is 4.90 Å². The number of likely N-dealkylation sites (tertiary alicyclic amines) is 1. The van der Waals surface area contributed by atoms with E-state index in [4.69, 9.17) is 0 Å². The molecule has 0 aromatic heterocycles. The van der Waals surface area contributed by atoms with Gasteiger partial charge in [0.15, 0.2) is 0 Å². The Balaban J connectivity index is 1.95. The Bertz CT molecular complexity index is 518. The summed E-state index contributed by atoms with van der Waals surface area (Å²) in [5.74, 6) is -0.721. The summed E-state index contributed by atoms with van der Waals surface area (Å²) in [6.45, 7) is 6.62. The summed E-state index contributed by atoms with van der Waals surface area (Å²) in [5, 5.41) is 0. The zero-order valence-corrected chi connectivity index (χ0v) is 13.0. The van der Waals surface area contributed by atoms with Crippen molar-refractivity contribution >= 4 is 11.8 Å². The number of amides is 2. The molecule has 0 aromatic rings. The predicted octanol–water partition coefficient (Wildman–Crippen LogP) is 3.41. The number of imide groups is 1. The fourth-order valence-electron chi connectivity index (χ4n) is 2.67. The quantitative estimate of drug-likeness (QED) is 0.573. The number of allylic oxidation sites excluding steroid dienone is 5. The molecule has 3 heteroatoms. The van der Waals surface area contributed by atoms with E-state index < -0.39 is 0 Å². The van der Waals surface area contributed by atoms with Crippen LogP contribution in [0.3, 0.4) is 0 Å². The normalized spacial score (nSPS) is 24.5. The van der Waals surface area contributed by atoms with E-state index in [0.717, 1.165) is 12.8 Å². The topological polar surface area (TPSA) is 37.4 Å². The highest BCUT2D eigenvalue weighted by Gasteiger charge is 2.44. The molecule has 2 atom stereocenters. The third kappa shape index (κ3) is 3.60. The van der Waals surface area contributed by atoms with Crippen molar-refractivity contribution in [2.24, 2.45) is 11.8 Å². The van der Waals surface area contributed by atoms with Crippen molar-refractivity contribution in [2.45, 2.75) is 33.6 Å². The van der Waals surface area contributed by atoms with Gasteiger partial charge in [-0.3, -0.25) is 14.5 Å². The molecule has 2 aliphatic rings. The Hall–Kier alpha value is -1.90. The van der Waals surface area contributed by atoms with Gasteiger partial charge in [0.05, 0.1) is 11.8 Å². The summed E-state index contributed by atoms with van der Waals surface area (Å²) >= 11 is 0. The smallest absolute Gasteiger partial charge is 0.237 e. The van der Waals surface area contributed by atoms with Gasteiger partial charge in [0, 0.05) is 6.54 Å². The first-order chi connectivity index (χ1) is 10.0. The van der Waals surface area contributed by atoms with Gasteiger partial charge in [0.2, 0.25) is 11.8 Å². The first-order valence-corrected chi connectivity index (χ1v) is 7.50. The lowest BCUT2D eigenvalue weighted by atomic mass is 9.91. The standard InChI is InChI=1S/C18H23NO2/c1-13(2)7-6-8-14(3)11-12-19-17(20)15-9-4-5-10-16(15)18(19)21/h4-5,7,9-11,15-16H,6,8,12H2,1-3H3/b14-11+. The number of rotatable bonds is 5. The molecule has 3 nitrogen and oxygen atoms in total. The minimum Gasteiger partial charge on any atom is -0.278 e. The van der Waals surface area contributed by atoms with Crippen LogP contribution in [-0.4, -0.2) is 23.3 Å². The fraction of sp³-hybridized carbons (Fsp3) is 0.444. The van der Waals surface area contributed by atoms with Crippen LogP contribution in [0.25, 0.3) is 0 Å². The molecule has 2 amide bonds. The summed E-state index contributed by atoms with van der Waals surface area (Å²) in [5.41, 5.74) is 2.53. The van der Waals surface area contributed by atoms with Crippen molar-refractivity contribution < 1.29 is 9.59 Å². The molecule has 1 saturated heterocycles. The highest BCUT2D eigenvalue weighted by Crippen LogP contribution is 2.30. The molecule has 0 bridgehead atoms. The average molecular weight is 285 g/mol. The van der Waals surface area contributed by atoms with Gasteiger partial charge in [-0.1, -0.05) is 47.6 Å². The number of fused-ring (bicyclic) bond motifs is 1. The van der Waals surface area contributed by atoms with Gasteiger partial charge >= 0.3 is 0 Å². The number of nitrogens with zero attached hydrogens (tertiary/aromatic N) is 1. The third-order valence-corrected chi connectivity index (χ3v) is 3.95. The monoisotopic (exact) mass is 285 g/mol. The van der Waals surface area contributed by atoms with Crippen LogP contribution in [0.4, 0.5) is 0 Å². The van der Waals surface area contributed by atoms with Crippen LogP contribution >= 0.6 is 0 Å². The molecule has 2 rings (SSSR count). The minimum atomic E-state index is -0.290. The molecule has 0 aromatic carbocycles. The number of carbonyl (C=O) groups is 2. The summed E-state index contributed by atoms with van der Waals surface area (Å²) < 4.78 is 0. The third-order valence-electron chi connectivity index (χ3n) is 3.95. The van der Waals surface area contributed by atoms with Crippen molar-refractivity contribution in [3.63, 3.8) is 0 Å². The Morgan fingerprint density at radius 1 is 1.05 bits per heavy atom. The van der Waals surface area contributed by atoms with E-state index >= 15 is 0 Å². The lowest BCUT2D eigenvalue weighted by Gasteiger charge is -2.12. The van der Waals surface area contributed by atoms with Gasteiger partial charge in [0.1, 0.15) is 0 Å². The van der Waals surface area contributed by atoms with E-state index in [1.165, 1.54) is 16.0 Å². The van der Waals surface area contributed by atoms with E-state index in [2.05, 4.69) is 26.8 Å². The van der Waals surface area contributed by atoms with Crippen LogP contribution in [0.15, 0.2) is 47.6 Å². The fourth-order valence-corrected chi connectivity index (χ4v) is 2.67. The molecule has 1 aliphatic heterocycles. The molecule has 1 fully saturated rings. The van der Waals surface area contributed by atoms with Crippen molar-refractivity contribution in [3.05, 3.63) is 47.6 Å².